The molecule has 3 heteroatoms. The van der Waals surface area contributed by atoms with E-state index >= 15 is 0 Å². The van der Waals surface area contributed by atoms with Gasteiger partial charge in [-0.3, -0.25) is 4.59 Å². The first-order valence-electron chi connectivity index (χ1n) is 5.80. The number of rotatable bonds is 0. The van der Waals surface area contributed by atoms with Crippen LogP contribution in [0.2, 0.25) is 0 Å². The SMILES string of the molecule is C[N+](C)(C)N.[Sn][c]1cccc2c1CCCC2. The Morgan fingerprint density at radius 1 is 1.12 bits per heavy atom. The second-order valence-electron chi connectivity index (χ2n) is 5.27. The quantitative estimate of drug-likeness (QED) is 0.327. The van der Waals surface area contributed by atoms with Crippen LogP contribution in [-0.2, 0) is 12.8 Å². The molecular formula is C13H22N2Sn+. The van der Waals surface area contributed by atoms with Crippen molar-refractivity contribution in [2.45, 2.75) is 25.7 Å². The molecule has 3 radical (unpaired) electrons. The predicted molar refractivity (Wildman–Crippen MR) is 70.7 cm³/mol. The van der Waals surface area contributed by atoms with E-state index in [1.54, 1.807) is 37.2 Å². The summed E-state index contributed by atoms with van der Waals surface area (Å²) in [6, 6.07) is 6.76. The molecule has 1 aromatic carbocycles. The van der Waals surface area contributed by atoms with Gasteiger partial charge in [-0.25, -0.2) is 0 Å². The van der Waals surface area contributed by atoms with E-state index in [1.165, 1.54) is 25.7 Å². The fourth-order valence-electron chi connectivity index (χ4n) is 1.78. The van der Waals surface area contributed by atoms with Crippen LogP contribution in [0.3, 0.4) is 0 Å². The summed E-state index contributed by atoms with van der Waals surface area (Å²) in [5.74, 6) is 5.29. The van der Waals surface area contributed by atoms with Crippen molar-refractivity contribution in [3.8, 4) is 0 Å². The maximum absolute atomic E-state index is 5.29. The summed E-state index contributed by atoms with van der Waals surface area (Å²) in [5, 5.41) is 0. The molecule has 0 saturated carbocycles. The van der Waals surface area contributed by atoms with Gasteiger partial charge in [-0.05, 0) is 0 Å². The van der Waals surface area contributed by atoms with Gasteiger partial charge >= 0.3 is 81.1 Å². The Balaban J connectivity index is 0.000000221. The van der Waals surface area contributed by atoms with Gasteiger partial charge in [0.2, 0.25) is 0 Å². The standard InChI is InChI=1S/C10H11.C3H11N2.Sn/c1-2-6-10-8-4-3-7-9(10)5-1;1-5(2,3)4;/h1-2,5H,3-4,7-8H2;4H2,1-3H3;/q;+1;. The van der Waals surface area contributed by atoms with Gasteiger partial charge in [0, 0.05) is 0 Å². The number of nitrogens with zero attached hydrogens (tertiary/aromatic N) is 1. The molecule has 0 heterocycles. The molecule has 0 bridgehead atoms. The van der Waals surface area contributed by atoms with E-state index in [0.29, 0.717) is 4.59 Å². The van der Waals surface area contributed by atoms with E-state index in [4.69, 9.17) is 5.84 Å². The van der Waals surface area contributed by atoms with Crippen LogP contribution in [0.1, 0.15) is 24.0 Å². The second kappa shape index (κ2) is 6.03. The van der Waals surface area contributed by atoms with E-state index in [1.807, 2.05) is 21.1 Å². The Labute approximate surface area is 112 Å². The molecule has 0 amide bonds. The third-order valence-corrected chi connectivity index (χ3v) is 3.73. The molecule has 0 aromatic heterocycles. The molecule has 0 atom stereocenters. The van der Waals surface area contributed by atoms with Crippen LogP contribution in [0.5, 0.6) is 0 Å². The molecule has 1 aliphatic carbocycles. The van der Waals surface area contributed by atoms with E-state index in [-0.39, 0.29) is 0 Å². The van der Waals surface area contributed by atoms with Gasteiger partial charge in [-0.15, -0.1) is 0 Å². The topological polar surface area (TPSA) is 26.0 Å². The van der Waals surface area contributed by atoms with Gasteiger partial charge in [-0.2, -0.15) is 5.84 Å². The van der Waals surface area contributed by atoms with Crippen molar-refractivity contribution in [1.29, 1.82) is 0 Å². The van der Waals surface area contributed by atoms with E-state index in [9.17, 15) is 0 Å². The second-order valence-corrected chi connectivity index (χ2v) is 6.80. The van der Waals surface area contributed by atoms with Crippen LogP contribution in [-0.4, -0.2) is 48.3 Å². The molecule has 0 unspecified atom stereocenters. The Hall–Kier alpha value is -0.0613. The number of hydrogen-bond acceptors (Lipinski definition) is 1. The van der Waals surface area contributed by atoms with E-state index in [2.05, 4.69) is 18.2 Å². The summed E-state index contributed by atoms with van der Waals surface area (Å²) in [7, 11) is 5.71. The molecule has 0 saturated heterocycles. The molecule has 1 aromatic rings. The number of nitrogens with two attached hydrogens (primary N) is 1. The zero-order valence-electron chi connectivity index (χ0n) is 10.6. The third kappa shape index (κ3) is 5.32. The first kappa shape index (κ1) is 14.0. The minimum atomic E-state index is 0.500. The molecule has 87 valence electrons. The van der Waals surface area contributed by atoms with Gasteiger partial charge in [0.15, 0.2) is 0 Å². The van der Waals surface area contributed by atoms with Crippen molar-refractivity contribution in [3.05, 3.63) is 29.3 Å². The van der Waals surface area contributed by atoms with Gasteiger partial charge in [0.05, 0.1) is 21.1 Å². The molecule has 1 aliphatic rings. The molecule has 0 spiro atoms. The van der Waals surface area contributed by atoms with E-state index in [0.717, 1.165) is 0 Å². The summed E-state index contributed by atoms with van der Waals surface area (Å²) in [6.07, 6.45) is 5.44. The molecule has 16 heavy (non-hydrogen) atoms. The third-order valence-electron chi connectivity index (χ3n) is 2.40. The number of benzene rings is 1. The first-order chi connectivity index (χ1) is 7.38. The summed E-state index contributed by atoms with van der Waals surface area (Å²) < 4.78 is 2.08. The van der Waals surface area contributed by atoms with Crippen LogP contribution in [0, 0.1) is 0 Å². The van der Waals surface area contributed by atoms with Crippen molar-refractivity contribution in [3.63, 3.8) is 0 Å². The van der Waals surface area contributed by atoms with Crippen LogP contribution in [0.15, 0.2) is 18.2 Å². The van der Waals surface area contributed by atoms with Crippen LogP contribution >= 0.6 is 0 Å². The zero-order valence-corrected chi connectivity index (χ0v) is 13.4. The van der Waals surface area contributed by atoms with Crippen LogP contribution < -0.4 is 9.42 Å². The number of hydrogen-bond donors (Lipinski definition) is 1. The molecule has 2 nitrogen and oxygen atoms in total. The minimum absolute atomic E-state index is 0.500. The van der Waals surface area contributed by atoms with Gasteiger partial charge in [0.25, 0.3) is 0 Å². The van der Waals surface area contributed by atoms with Gasteiger partial charge in [0.1, 0.15) is 0 Å². The monoisotopic (exact) mass is 326 g/mol. The Kier molecular flexibility index (Phi) is 5.28. The molecule has 0 aliphatic heterocycles. The summed E-state index contributed by atoms with van der Waals surface area (Å²) in [6.45, 7) is 0. The Bertz CT molecular complexity index is 336. The average molecular weight is 325 g/mol. The fourth-order valence-corrected chi connectivity index (χ4v) is 2.87. The van der Waals surface area contributed by atoms with Crippen molar-refractivity contribution >= 4 is 26.1 Å². The average Bonchev–Trinajstić information content (AvgIpc) is 2.16. The molecule has 2 N–H and O–H groups in total. The van der Waals surface area contributed by atoms with Crippen molar-refractivity contribution < 1.29 is 4.59 Å². The fraction of sp³-hybridized carbons (Fsp3) is 0.538. The normalized spacial score (nSPS) is 14.8. The van der Waals surface area contributed by atoms with Gasteiger partial charge < -0.3 is 0 Å². The number of quaternary nitrogens is 1. The first-order valence-corrected chi connectivity index (χ1v) is 7.23. The maximum atomic E-state index is 5.29. The molecule has 0 fully saturated rings. The van der Waals surface area contributed by atoms with Crippen LogP contribution in [0.4, 0.5) is 0 Å². The zero-order chi connectivity index (χ0) is 12.2. The number of aryl methyl sites for hydroxylation is 1. The molecular weight excluding hydrogens is 303 g/mol. The Morgan fingerprint density at radius 3 is 2.25 bits per heavy atom. The van der Waals surface area contributed by atoms with E-state index < -0.39 is 0 Å². The van der Waals surface area contributed by atoms with Crippen molar-refractivity contribution in [2.24, 2.45) is 5.84 Å². The molecule has 2 rings (SSSR count). The Morgan fingerprint density at radius 2 is 1.69 bits per heavy atom. The summed E-state index contributed by atoms with van der Waals surface area (Å²) in [5.41, 5.74) is 3.28. The summed E-state index contributed by atoms with van der Waals surface area (Å²) in [4.78, 5) is 0. The van der Waals surface area contributed by atoms with Gasteiger partial charge in [-0.1, -0.05) is 0 Å². The summed E-state index contributed by atoms with van der Waals surface area (Å²) >= 11 is 1.58. The number of fused-ring (bicyclic) bond motifs is 1. The predicted octanol–water partition coefficient (Wildman–Crippen LogP) is 0.926. The van der Waals surface area contributed by atoms with Crippen molar-refractivity contribution in [2.75, 3.05) is 21.1 Å². The van der Waals surface area contributed by atoms with Crippen LogP contribution in [0.25, 0.3) is 0 Å². The van der Waals surface area contributed by atoms with Crippen molar-refractivity contribution in [1.82, 2.24) is 0 Å².